The molecule has 0 radical (unpaired) electrons. The van der Waals surface area contributed by atoms with E-state index in [0.717, 1.165) is 58.0 Å². The molecule has 162 valence electrons. The van der Waals surface area contributed by atoms with Gasteiger partial charge in [-0.25, -0.2) is 0 Å². The first-order valence-corrected chi connectivity index (χ1v) is 11.4. The molecule has 2 unspecified atom stereocenters. The lowest BCUT2D eigenvalue weighted by atomic mass is 9.89. The molecule has 2 atom stereocenters. The van der Waals surface area contributed by atoms with E-state index in [1.807, 2.05) is 11.0 Å². The van der Waals surface area contributed by atoms with Gasteiger partial charge in [0.2, 0.25) is 11.8 Å². The molecule has 0 aromatic heterocycles. The van der Waals surface area contributed by atoms with E-state index >= 15 is 0 Å². The zero-order valence-corrected chi connectivity index (χ0v) is 18.2. The molecule has 1 saturated heterocycles. The summed E-state index contributed by atoms with van der Waals surface area (Å²) in [5.41, 5.74) is 6.88. The maximum absolute atomic E-state index is 13.2. The first kappa shape index (κ1) is 23.4. The average molecular weight is 402 g/mol. The van der Waals surface area contributed by atoms with Crippen molar-refractivity contribution in [3.8, 4) is 0 Å². The third-order valence-electron chi connectivity index (χ3n) is 6.20. The Morgan fingerprint density at radius 3 is 2.45 bits per heavy atom. The number of benzene rings is 1. The summed E-state index contributed by atoms with van der Waals surface area (Å²) >= 11 is 0. The van der Waals surface area contributed by atoms with E-state index in [1.54, 1.807) is 0 Å². The first-order valence-electron chi connectivity index (χ1n) is 11.4. The highest BCUT2D eigenvalue weighted by Crippen LogP contribution is 2.23. The number of likely N-dealkylation sites (tertiary alicyclic amines) is 1. The summed E-state index contributed by atoms with van der Waals surface area (Å²) < 4.78 is 0. The van der Waals surface area contributed by atoms with Crippen molar-refractivity contribution in [1.29, 1.82) is 0 Å². The van der Waals surface area contributed by atoms with Crippen LogP contribution < -0.4 is 11.1 Å². The molecule has 0 spiro atoms. The maximum atomic E-state index is 13.2. The fourth-order valence-electron chi connectivity index (χ4n) is 4.04. The van der Waals surface area contributed by atoms with E-state index in [9.17, 15) is 9.59 Å². The maximum Gasteiger partial charge on any atom is 0.245 e. The molecule has 1 aromatic rings. The molecule has 0 bridgehead atoms. The van der Waals surface area contributed by atoms with Gasteiger partial charge < -0.3 is 16.0 Å². The van der Waals surface area contributed by atoms with E-state index < -0.39 is 6.04 Å². The number of rotatable bonds is 11. The van der Waals surface area contributed by atoms with Crippen LogP contribution in [0.1, 0.15) is 64.4 Å². The Bertz CT molecular complexity index is 612. The number of nitrogens with two attached hydrogens (primary N) is 1. The third-order valence-corrected chi connectivity index (χ3v) is 6.20. The van der Waals surface area contributed by atoms with Gasteiger partial charge in [0.25, 0.3) is 0 Å². The smallest absolute Gasteiger partial charge is 0.245 e. The van der Waals surface area contributed by atoms with Gasteiger partial charge in [-0.1, -0.05) is 57.0 Å². The Labute approximate surface area is 176 Å². The molecule has 0 saturated carbocycles. The molecule has 5 heteroatoms. The standard InChI is InChI=1S/C24H39N3O2/c1-3-19(2)23(26-22(28)12-8-5-9-15-25)24(29)27-16-13-21(14-17-27)18-20-10-6-4-7-11-20/h4,6-7,10-11,19,21,23H,3,5,8-9,12-18,25H2,1-2H3,(H,26,28). The number of carbonyl (C=O) groups is 2. The predicted octanol–water partition coefficient (Wildman–Crippen LogP) is 3.52. The summed E-state index contributed by atoms with van der Waals surface area (Å²) in [5.74, 6) is 0.839. The lowest BCUT2D eigenvalue weighted by Gasteiger charge is -2.36. The van der Waals surface area contributed by atoms with Crippen LogP contribution in [0.25, 0.3) is 0 Å². The van der Waals surface area contributed by atoms with Crippen molar-refractivity contribution < 1.29 is 9.59 Å². The fraction of sp³-hybridized carbons (Fsp3) is 0.667. The van der Waals surface area contributed by atoms with Crippen molar-refractivity contribution in [3.05, 3.63) is 35.9 Å². The number of nitrogens with one attached hydrogen (secondary N) is 1. The summed E-state index contributed by atoms with van der Waals surface area (Å²) in [7, 11) is 0. The number of piperidine rings is 1. The largest absolute Gasteiger partial charge is 0.344 e. The van der Waals surface area contributed by atoms with E-state index in [2.05, 4.69) is 43.4 Å². The minimum atomic E-state index is -0.410. The second-order valence-corrected chi connectivity index (χ2v) is 8.49. The number of amides is 2. The van der Waals surface area contributed by atoms with Crippen LogP contribution in [0.2, 0.25) is 0 Å². The number of nitrogens with zero attached hydrogens (tertiary/aromatic N) is 1. The molecule has 1 heterocycles. The van der Waals surface area contributed by atoms with Gasteiger partial charge in [0.1, 0.15) is 6.04 Å². The molecule has 29 heavy (non-hydrogen) atoms. The Balaban J connectivity index is 1.85. The van der Waals surface area contributed by atoms with Crippen LogP contribution in [0.15, 0.2) is 30.3 Å². The van der Waals surface area contributed by atoms with Gasteiger partial charge in [-0.05, 0) is 56.0 Å². The number of carbonyl (C=O) groups excluding carboxylic acids is 2. The van der Waals surface area contributed by atoms with Gasteiger partial charge in [-0.15, -0.1) is 0 Å². The topological polar surface area (TPSA) is 75.4 Å². The summed E-state index contributed by atoms with van der Waals surface area (Å²) in [5, 5.41) is 3.03. The zero-order chi connectivity index (χ0) is 21.1. The van der Waals surface area contributed by atoms with Crippen molar-refractivity contribution in [3.63, 3.8) is 0 Å². The molecule has 0 aliphatic carbocycles. The molecule has 2 rings (SSSR count). The Kier molecular flexibility index (Phi) is 10.2. The number of hydrogen-bond acceptors (Lipinski definition) is 3. The molecule has 1 aliphatic rings. The molecule has 5 nitrogen and oxygen atoms in total. The Morgan fingerprint density at radius 2 is 1.83 bits per heavy atom. The van der Waals surface area contributed by atoms with Crippen molar-refractivity contribution in [1.82, 2.24) is 10.2 Å². The highest BCUT2D eigenvalue weighted by Gasteiger charge is 2.32. The highest BCUT2D eigenvalue weighted by atomic mass is 16.2. The molecular formula is C24H39N3O2. The zero-order valence-electron chi connectivity index (χ0n) is 18.2. The van der Waals surface area contributed by atoms with Crippen molar-refractivity contribution in [2.75, 3.05) is 19.6 Å². The number of unbranched alkanes of at least 4 members (excludes halogenated alkanes) is 2. The van der Waals surface area contributed by atoms with E-state index in [0.29, 0.717) is 18.9 Å². The minimum absolute atomic E-state index is 0.0142. The monoisotopic (exact) mass is 401 g/mol. The SMILES string of the molecule is CCC(C)C(NC(=O)CCCCCN)C(=O)N1CCC(Cc2ccccc2)CC1. The van der Waals surface area contributed by atoms with Crippen molar-refractivity contribution >= 4 is 11.8 Å². The second kappa shape index (κ2) is 12.6. The van der Waals surface area contributed by atoms with Crippen LogP contribution in [0.4, 0.5) is 0 Å². The van der Waals surface area contributed by atoms with Crippen LogP contribution in [-0.4, -0.2) is 42.4 Å². The van der Waals surface area contributed by atoms with Gasteiger partial charge >= 0.3 is 0 Å². The molecule has 1 aromatic carbocycles. The fourth-order valence-corrected chi connectivity index (χ4v) is 4.04. The van der Waals surface area contributed by atoms with Gasteiger partial charge in [-0.3, -0.25) is 9.59 Å². The quantitative estimate of drug-likeness (QED) is 0.557. The van der Waals surface area contributed by atoms with Gasteiger partial charge in [0.15, 0.2) is 0 Å². The Hall–Kier alpha value is -1.88. The normalized spacial score (nSPS) is 17.0. The summed E-state index contributed by atoms with van der Waals surface area (Å²) in [6.07, 6.45) is 7.21. The summed E-state index contributed by atoms with van der Waals surface area (Å²) in [4.78, 5) is 27.5. The third kappa shape index (κ3) is 7.81. The van der Waals surface area contributed by atoms with Crippen molar-refractivity contribution in [2.45, 2.75) is 71.3 Å². The molecule has 1 fully saturated rings. The first-order chi connectivity index (χ1) is 14.0. The van der Waals surface area contributed by atoms with Crippen LogP contribution in [0, 0.1) is 11.8 Å². The van der Waals surface area contributed by atoms with Crippen LogP contribution in [-0.2, 0) is 16.0 Å². The minimum Gasteiger partial charge on any atom is -0.344 e. The summed E-state index contributed by atoms with van der Waals surface area (Å²) in [6, 6.07) is 10.2. The Morgan fingerprint density at radius 1 is 1.14 bits per heavy atom. The van der Waals surface area contributed by atoms with Crippen LogP contribution >= 0.6 is 0 Å². The molecule has 3 N–H and O–H groups in total. The van der Waals surface area contributed by atoms with E-state index in [-0.39, 0.29) is 17.7 Å². The van der Waals surface area contributed by atoms with Crippen LogP contribution in [0.5, 0.6) is 0 Å². The van der Waals surface area contributed by atoms with Crippen molar-refractivity contribution in [2.24, 2.45) is 17.6 Å². The highest BCUT2D eigenvalue weighted by molar-refractivity contribution is 5.88. The van der Waals surface area contributed by atoms with Gasteiger partial charge in [0, 0.05) is 19.5 Å². The number of hydrogen-bond donors (Lipinski definition) is 2. The van der Waals surface area contributed by atoms with Gasteiger partial charge in [0.05, 0.1) is 0 Å². The average Bonchev–Trinajstić information content (AvgIpc) is 2.75. The second-order valence-electron chi connectivity index (χ2n) is 8.49. The lowest BCUT2D eigenvalue weighted by molar-refractivity contribution is -0.139. The molecular weight excluding hydrogens is 362 g/mol. The molecule has 1 aliphatic heterocycles. The van der Waals surface area contributed by atoms with Gasteiger partial charge in [-0.2, -0.15) is 0 Å². The molecule has 2 amide bonds. The lowest BCUT2D eigenvalue weighted by Crippen LogP contribution is -2.53. The van der Waals surface area contributed by atoms with Crippen LogP contribution in [0.3, 0.4) is 0 Å². The van der Waals surface area contributed by atoms with E-state index in [4.69, 9.17) is 5.73 Å². The predicted molar refractivity (Wildman–Crippen MR) is 118 cm³/mol. The summed E-state index contributed by atoms with van der Waals surface area (Å²) in [6.45, 7) is 6.37. The van der Waals surface area contributed by atoms with E-state index in [1.165, 1.54) is 5.56 Å².